The second kappa shape index (κ2) is 7.23. The Hall–Kier alpha value is -1.87. The molecule has 0 saturated heterocycles. The third-order valence-electron chi connectivity index (χ3n) is 3.25. The van der Waals surface area contributed by atoms with Gasteiger partial charge in [-0.25, -0.2) is 4.98 Å². The maximum absolute atomic E-state index is 5.80. The minimum absolute atomic E-state index is 0.0558. The van der Waals surface area contributed by atoms with Gasteiger partial charge in [0.2, 0.25) is 5.88 Å². The lowest BCUT2D eigenvalue weighted by Crippen LogP contribution is -2.34. The van der Waals surface area contributed by atoms with Crippen LogP contribution >= 0.6 is 0 Å². The molecule has 3 heteroatoms. The minimum atomic E-state index is 0.0558. The Morgan fingerprint density at radius 1 is 1.05 bits per heavy atom. The van der Waals surface area contributed by atoms with Crippen molar-refractivity contribution >= 4 is 0 Å². The van der Waals surface area contributed by atoms with Gasteiger partial charge < -0.3 is 10.1 Å². The molecule has 1 aromatic carbocycles. The Morgan fingerprint density at radius 3 is 2.52 bits per heavy atom. The van der Waals surface area contributed by atoms with Crippen molar-refractivity contribution in [2.75, 3.05) is 13.2 Å². The van der Waals surface area contributed by atoms with Crippen LogP contribution in [-0.4, -0.2) is 18.1 Å². The summed E-state index contributed by atoms with van der Waals surface area (Å²) in [5, 5.41) is 3.49. The second-order valence-electron chi connectivity index (χ2n) is 6.16. The van der Waals surface area contributed by atoms with Gasteiger partial charge in [-0.2, -0.15) is 0 Å². The largest absolute Gasteiger partial charge is 0.477 e. The molecule has 1 N–H and O–H groups in total. The minimum Gasteiger partial charge on any atom is -0.477 e. The third-order valence-corrected chi connectivity index (χ3v) is 3.25. The fraction of sp³-hybridized carbons (Fsp3) is 0.389. The summed E-state index contributed by atoms with van der Waals surface area (Å²) in [4.78, 5) is 4.36. The van der Waals surface area contributed by atoms with Gasteiger partial charge in [0.05, 0.1) is 6.61 Å². The number of ether oxygens (including phenoxy) is 1. The average molecular weight is 284 g/mol. The van der Waals surface area contributed by atoms with Crippen LogP contribution in [0.2, 0.25) is 0 Å². The molecule has 0 aliphatic carbocycles. The Bertz CT molecular complexity index is 552. The van der Waals surface area contributed by atoms with Crippen molar-refractivity contribution in [2.45, 2.75) is 27.3 Å². The van der Waals surface area contributed by atoms with Crippen LogP contribution in [0.3, 0.4) is 0 Å². The number of benzene rings is 1. The average Bonchev–Trinajstić information content (AvgIpc) is 2.46. The number of rotatable bonds is 7. The summed E-state index contributed by atoms with van der Waals surface area (Å²) in [6.07, 6.45) is 0. The molecule has 0 aliphatic rings. The highest BCUT2D eigenvalue weighted by molar-refractivity contribution is 5.15. The molecule has 112 valence electrons. The zero-order valence-electron chi connectivity index (χ0n) is 13.1. The molecule has 2 rings (SSSR count). The Balaban J connectivity index is 1.76. The lowest BCUT2D eigenvalue weighted by atomic mass is 9.95. The second-order valence-corrected chi connectivity index (χ2v) is 6.16. The number of hydrogen-bond acceptors (Lipinski definition) is 3. The van der Waals surface area contributed by atoms with E-state index in [0.717, 1.165) is 18.8 Å². The Kier molecular flexibility index (Phi) is 5.34. The molecule has 2 aromatic rings. The standard InChI is InChI=1S/C18H24N2O/c1-15-8-7-11-17(20-15)21-14-18(2,3)13-19-12-16-9-5-4-6-10-16/h4-11,19H,12-14H2,1-3H3. The first-order valence-electron chi connectivity index (χ1n) is 7.36. The topological polar surface area (TPSA) is 34.1 Å². The van der Waals surface area contributed by atoms with E-state index in [1.165, 1.54) is 5.56 Å². The molecule has 0 bridgehead atoms. The molecule has 0 unspecified atom stereocenters. The number of pyridine rings is 1. The van der Waals surface area contributed by atoms with Crippen LogP contribution in [0.4, 0.5) is 0 Å². The maximum Gasteiger partial charge on any atom is 0.213 e. The molecule has 3 nitrogen and oxygen atoms in total. The summed E-state index contributed by atoms with van der Waals surface area (Å²) >= 11 is 0. The van der Waals surface area contributed by atoms with Crippen molar-refractivity contribution in [3.8, 4) is 5.88 Å². The maximum atomic E-state index is 5.80. The van der Waals surface area contributed by atoms with Crippen LogP contribution in [0, 0.1) is 12.3 Å². The summed E-state index contributed by atoms with van der Waals surface area (Å²) in [6, 6.07) is 16.3. The normalized spacial score (nSPS) is 11.4. The fourth-order valence-corrected chi connectivity index (χ4v) is 2.06. The molecule has 0 fully saturated rings. The van der Waals surface area contributed by atoms with Gasteiger partial charge in [0, 0.05) is 30.3 Å². The Labute approximate surface area is 127 Å². The van der Waals surface area contributed by atoms with Crippen LogP contribution in [0.5, 0.6) is 5.88 Å². The van der Waals surface area contributed by atoms with E-state index < -0.39 is 0 Å². The van der Waals surface area contributed by atoms with Gasteiger partial charge in [0.15, 0.2) is 0 Å². The van der Waals surface area contributed by atoms with Crippen LogP contribution in [0.15, 0.2) is 48.5 Å². The quantitative estimate of drug-likeness (QED) is 0.843. The first-order chi connectivity index (χ1) is 10.1. The zero-order chi connectivity index (χ0) is 15.1. The number of nitrogens with one attached hydrogen (secondary N) is 1. The van der Waals surface area contributed by atoms with Crippen molar-refractivity contribution in [1.29, 1.82) is 0 Å². The molecule has 1 heterocycles. The van der Waals surface area contributed by atoms with E-state index in [2.05, 4.69) is 48.4 Å². The molecule has 1 aromatic heterocycles. The van der Waals surface area contributed by atoms with E-state index in [1.54, 1.807) is 0 Å². The van der Waals surface area contributed by atoms with E-state index in [0.29, 0.717) is 12.5 Å². The number of aromatic nitrogens is 1. The van der Waals surface area contributed by atoms with Crippen LogP contribution in [-0.2, 0) is 6.54 Å². The highest BCUT2D eigenvalue weighted by Gasteiger charge is 2.18. The number of hydrogen-bond donors (Lipinski definition) is 1. The van der Waals surface area contributed by atoms with Crippen molar-refractivity contribution in [2.24, 2.45) is 5.41 Å². The molecular weight excluding hydrogens is 260 g/mol. The predicted octanol–water partition coefficient (Wildman–Crippen LogP) is 3.58. The van der Waals surface area contributed by atoms with Crippen LogP contribution in [0.1, 0.15) is 25.1 Å². The lowest BCUT2D eigenvalue weighted by Gasteiger charge is -2.25. The van der Waals surface area contributed by atoms with Gasteiger partial charge in [-0.1, -0.05) is 50.2 Å². The highest BCUT2D eigenvalue weighted by Crippen LogP contribution is 2.17. The molecule has 0 saturated carbocycles. The SMILES string of the molecule is Cc1cccc(OCC(C)(C)CNCc2ccccc2)n1. The molecule has 0 spiro atoms. The smallest absolute Gasteiger partial charge is 0.213 e. The summed E-state index contributed by atoms with van der Waals surface area (Å²) in [5.74, 6) is 0.700. The van der Waals surface area contributed by atoms with E-state index >= 15 is 0 Å². The van der Waals surface area contributed by atoms with Gasteiger partial charge in [-0.15, -0.1) is 0 Å². The van der Waals surface area contributed by atoms with Gasteiger partial charge in [-0.3, -0.25) is 0 Å². The molecular formula is C18H24N2O. The summed E-state index contributed by atoms with van der Waals surface area (Å²) in [5.41, 5.74) is 2.34. The van der Waals surface area contributed by atoms with Gasteiger partial charge in [0.25, 0.3) is 0 Å². The van der Waals surface area contributed by atoms with E-state index in [1.807, 2.05) is 31.2 Å². The van der Waals surface area contributed by atoms with Crippen LogP contribution < -0.4 is 10.1 Å². The third kappa shape index (κ3) is 5.56. The van der Waals surface area contributed by atoms with Crippen molar-refractivity contribution in [3.63, 3.8) is 0 Å². The first-order valence-corrected chi connectivity index (χ1v) is 7.36. The zero-order valence-corrected chi connectivity index (χ0v) is 13.1. The van der Waals surface area contributed by atoms with E-state index in [9.17, 15) is 0 Å². The summed E-state index contributed by atoms with van der Waals surface area (Å²) in [6.45, 7) is 8.78. The van der Waals surface area contributed by atoms with Crippen LogP contribution in [0.25, 0.3) is 0 Å². The summed E-state index contributed by atoms with van der Waals surface area (Å²) in [7, 11) is 0. The molecule has 0 amide bonds. The van der Waals surface area contributed by atoms with E-state index in [-0.39, 0.29) is 5.41 Å². The summed E-state index contributed by atoms with van der Waals surface area (Å²) < 4.78 is 5.80. The van der Waals surface area contributed by atoms with Crippen molar-refractivity contribution < 1.29 is 4.74 Å². The van der Waals surface area contributed by atoms with Gasteiger partial charge >= 0.3 is 0 Å². The highest BCUT2D eigenvalue weighted by atomic mass is 16.5. The predicted molar refractivity (Wildman–Crippen MR) is 86.4 cm³/mol. The molecule has 0 radical (unpaired) electrons. The number of nitrogens with zero attached hydrogens (tertiary/aromatic N) is 1. The van der Waals surface area contributed by atoms with Gasteiger partial charge in [-0.05, 0) is 18.6 Å². The van der Waals surface area contributed by atoms with Crippen molar-refractivity contribution in [1.82, 2.24) is 10.3 Å². The molecule has 0 atom stereocenters. The molecule has 0 aliphatic heterocycles. The first kappa shape index (κ1) is 15.5. The monoisotopic (exact) mass is 284 g/mol. The molecule has 21 heavy (non-hydrogen) atoms. The van der Waals surface area contributed by atoms with E-state index in [4.69, 9.17) is 4.74 Å². The Morgan fingerprint density at radius 2 is 1.81 bits per heavy atom. The lowest BCUT2D eigenvalue weighted by molar-refractivity contribution is 0.170. The van der Waals surface area contributed by atoms with Gasteiger partial charge in [0.1, 0.15) is 0 Å². The fourth-order valence-electron chi connectivity index (χ4n) is 2.06. The van der Waals surface area contributed by atoms with Crippen molar-refractivity contribution in [3.05, 3.63) is 59.8 Å². The number of aryl methyl sites for hydroxylation is 1.